The van der Waals surface area contributed by atoms with E-state index in [0.717, 1.165) is 0 Å². The van der Waals surface area contributed by atoms with Crippen LogP contribution in [0.3, 0.4) is 0 Å². The van der Waals surface area contributed by atoms with Crippen molar-refractivity contribution in [2.24, 2.45) is 0 Å². The summed E-state index contributed by atoms with van der Waals surface area (Å²) in [5.41, 5.74) is 15.7. The van der Waals surface area contributed by atoms with Crippen LogP contribution in [0.15, 0.2) is 352 Å². The molecule has 18 aromatic rings. The molecule has 0 atom stereocenters. The van der Waals surface area contributed by atoms with Crippen LogP contribution >= 0.6 is 0 Å². The van der Waals surface area contributed by atoms with E-state index in [1.807, 2.05) is 0 Å². The molecular weight excluding hydrogens is 1610 g/mol. The molecule has 6 heteroatoms. The molecule has 100 heavy (non-hydrogen) atoms. The molecule has 0 radical (unpaired) electrons. The molecular formula is C94H76Cl2Hf2Si2-2. The van der Waals surface area contributed by atoms with Gasteiger partial charge in [0, 0.05) is 0 Å². The third kappa shape index (κ3) is 16.9. The number of aryl methyl sites for hydroxylation is 4. The predicted molar refractivity (Wildman–Crippen MR) is 424 cm³/mol. The third-order valence-corrected chi connectivity index (χ3v) is 26.9. The zero-order valence-electron chi connectivity index (χ0n) is 57.2. The quantitative estimate of drug-likeness (QED) is 0.115. The van der Waals surface area contributed by atoms with Crippen molar-refractivity contribution in [3.8, 4) is 44.5 Å². The molecule has 0 aliphatic heterocycles. The molecule has 0 fully saturated rings. The normalized spacial score (nSPS) is 10.7. The predicted octanol–water partition coefficient (Wildman–Crippen LogP) is 18.9. The maximum atomic E-state index is 2.37. The molecule has 18 aromatic carbocycles. The number of hydrogen-bond donors (Lipinski definition) is 0. The number of hydrogen-bond acceptors (Lipinski definition) is 0. The second-order valence-corrected chi connectivity index (χ2v) is 45.3. The Kier molecular flexibility index (Phi) is 24.8. The van der Waals surface area contributed by atoms with Crippen molar-refractivity contribution >= 4 is 108 Å². The van der Waals surface area contributed by atoms with Crippen LogP contribution < -0.4 is 35.2 Å². The zero-order chi connectivity index (χ0) is 67.5. The van der Waals surface area contributed by atoms with Gasteiger partial charge < -0.3 is 24.8 Å². The van der Waals surface area contributed by atoms with Crippen molar-refractivity contribution in [1.82, 2.24) is 0 Å². The Balaban J connectivity index is 0.000000124. The summed E-state index contributed by atoms with van der Waals surface area (Å²) < 4.78 is 0. The van der Waals surface area contributed by atoms with E-state index in [0.29, 0.717) is 0 Å². The fourth-order valence-corrected chi connectivity index (χ4v) is 18.7. The Bertz CT molecular complexity index is 5140. The van der Waals surface area contributed by atoms with Gasteiger partial charge in [-0.3, -0.25) is 0 Å². The standard InChI is InChI=1S/4C20H15.2C7H8Si.2ClH.2Hf/c4*1-14-12-16-8-5-11-19(20(16)13-14)18-10-4-7-15-6-2-3-9-17(15)18;2*1-8-7-5-3-2-4-6-7;;;;/h4*2-13H,1H3;2*2-6H,1H3;2*1H;;/q4*-1;;;;;2*+2/p-2. The molecule has 18 rings (SSSR count). The molecule has 484 valence electrons. The first-order chi connectivity index (χ1) is 47.9. The van der Waals surface area contributed by atoms with Gasteiger partial charge >= 0.3 is 141 Å². The van der Waals surface area contributed by atoms with Gasteiger partial charge in [-0.1, -0.05) is 244 Å². The van der Waals surface area contributed by atoms with E-state index >= 15 is 0 Å². The van der Waals surface area contributed by atoms with Crippen LogP contribution in [-0.2, 0) is 46.0 Å². The average Bonchev–Trinajstić information content (AvgIpc) is 1.41. The smallest absolute Gasteiger partial charge is 0.0114 e. The van der Waals surface area contributed by atoms with Gasteiger partial charge in [-0.2, -0.15) is 24.3 Å². The van der Waals surface area contributed by atoms with E-state index in [9.17, 15) is 0 Å². The molecule has 0 aromatic heterocycles. The van der Waals surface area contributed by atoms with E-state index in [1.165, 1.54) is 199 Å². The minimum absolute atomic E-state index is 0. The van der Waals surface area contributed by atoms with Crippen LogP contribution in [0.1, 0.15) is 22.3 Å². The SMILES string of the molecule is C[Si](=[Hf+2])c1ccccc1.C[Si](=[Hf+2])c1ccccc1.Cc1cc2c(-c3cccc4ccccc34)cccc2[cH-]1.Cc1cc2c(-c3cccc4ccccc34)cccc2[cH-]1.Cc1cc2c(-c3cccc4ccccc34)cccc2[cH-]1.Cc1cc2c(-c3cccc4ccccc34)cccc2[cH-]1.[Cl-].[Cl-]. The molecule has 0 unspecified atom stereocenters. The van der Waals surface area contributed by atoms with Gasteiger partial charge in [0.2, 0.25) is 0 Å². The van der Waals surface area contributed by atoms with E-state index < -0.39 is 0 Å². The zero-order valence-corrected chi connectivity index (χ0v) is 67.9. The molecule has 0 nitrogen and oxygen atoms in total. The Labute approximate surface area is 631 Å². The van der Waals surface area contributed by atoms with Crippen LogP contribution in [0, 0.1) is 27.7 Å². The van der Waals surface area contributed by atoms with Crippen LogP contribution in [0.4, 0.5) is 0 Å². The van der Waals surface area contributed by atoms with Crippen molar-refractivity contribution in [3.05, 3.63) is 374 Å². The first kappa shape index (κ1) is 72.6. The molecule has 0 saturated heterocycles. The first-order valence-corrected chi connectivity index (χ1v) is 48.5. The molecule has 0 bridgehead atoms. The molecule has 0 aliphatic rings. The minimum Gasteiger partial charge on any atom is -1.00 e. The van der Waals surface area contributed by atoms with Gasteiger partial charge in [-0.25, -0.2) is 0 Å². The maximum absolute atomic E-state index is 2.37. The van der Waals surface area contributed by atoms with Gasteiger partial charge in [-0.05, 0) is 65.3 Å². The molecule has 0 N–H and O–H groups in total. The van der Waals surface area contributed by atoms with Crippen LogP contribution in [0.2, 0.25) is 13.1 Å². The monoisotopic (exact) mass is 1690 g/mol. The van der Waals surface area contributed by atoms with Crippen molar-refractivity contribution in [2.45, 2.75) is 40.8 Å². The van der Waals surface area contributed by atoms with Gasteiger partial charge in [-0.15, -0.1) is 138 Å². The summed E-state index contributed by atoms with van der Waals surface area (Å²) in [6.07, 6.45) is 0. The number of fused-ring (bicyclic) bond motifs is 8. The van der Waals surface area contributed by atoms with Crippen molar-refractivity contribution < 1.29 is 70.8 Å². The van der Waals surface area contributed by atoms with Gasteiger partial charge in [0.25, 0.3) is 0 Å². The van der Waals surface area contributed by atoms with E-state index in [-0.39, 0.29) is 35.8 Å². The minimum atomic E-state index is -0.0733. The summed E-state index contributed by atoms with van der Waals surface area (Å²) in [6, 6.07) is 127. The fourth-order valence-electron chi connectivity index (χ4n) is 13.7. The van der Waals surface area contributed by atoms with E-state index in [4.69, 9.17) is 0 Å². The topological polar surface area (TPSA) is 0 Å². The molecule has 0 heterocycles. The Morgan fingerprint density at radius 2 is 0.390 bits per heavy atom. The Morgan fingerprint density at radius 3 is 0.600 bits per heavy atom. The van der Waals surface area contributed by atoms with Gasteiger partial charge in [0.05, 0.1) is 0 Å². The first-order valence-electron chi connectivity index (χ1n) is 33.7. The van der Waals surface area contributed by atoms with E-state index in [1.54, 1.807) is 10.4 Å². The second kappa shape index (κ2) is 34.1. The summed E-state index contributed by atoms with van der Waals surface area (Å²) in [5, 5.41) is 24.3. The number of halogens is 2. The number of rotatable bonds is 6. The summed E-state index contributed by atoms with van der Waals surface area (Å²) in [4.78, 5) is 0. The Morgan fingerprint density at radius 1 is 0.210 bits per heavy atom. The van der Waals surface area contributed by atoms with Crippen molar-refractivity contribution in [3.63, 3.8) is 0 Å². The molecule has 0 spiro atoms. The summed E-state index contributed by atoms with van der Waals surface area (Å²) in [6.45, 7) is 13.4. The van der Waals surface area contributed by atoms with Crippen molar-refractivity contribution in [2.75, 3.05) is 0 Å². The average molecular weight is 1690 g/mol. The maximum Gasteiger partial charge on any atom is -0.0114 e. The second-order valence-electron chi connectivity index (χ2n) is 25.5. The fraction of sp³-hybridized carbons (Fsp3) is 0.0638. The van der Waals surface area contributed by atoms with Gasteiger partial charge in [0.15, 0.2) is 0 Å². The number of benzene rings is 14. The van der Waals surface area contributed by atoms with Crippen LogP contribution in [0.5, 0.6) is 0 Å². The largest absolute Gasteiger partial charge is 1.00 e. The Hall–Kier alpha value is -8.69. The van der Waals surface area contributed by atoms with Crippen LogP contribution in [-0.4, -0.2) is 11.0 Å². The molecule has 0 amide bonds. The summed E-state index contributed by atoms with van der Waals surface area (Å²) in [5.74, 6) is 0. The van der Waals surface area contributed by atoms with Crippen molar-refractivity contribution in [1.29, 1.82) is 0 Å². The summed E-state index contributed by atoms with van der Waals surface area (Å²) in [7, 11) is 0. The summed E-state index contributed by atoms with van der Waals surface area (Å²) >= 11 is 2.72. The van der Waals surface area contributed by atoms with Crippen LogP contribution in [0.25, 0.3) is 131 Å². The van der Waals surface area contributed by atoms with Gasteiger partial charge in [0.1, 0.15) is 0 Å². The molecule has 0 saturated carbocycles. The third-order valence-electron chi connectivity index (χ3n) is 18.3. The molecule has 0 aliphatic carbocycles. The van der Waals surface area contributed by atoms with E-state index in [2.05, 4.69) is 393 Å².